The van der Waals surface area contributed by atoms with Gasteiger partial charge in [0.1, 0.15) is 11.4 Å². The summed E-state index contributed by atoms with van der Waals surface area (Å²) in [4.78, 5) is 9.18. The van der Waals surface area contributed by atoms with E-state index in [1.165, 1.54) is 17.5 Å². The molecule has 0 aliphatic rings. The molecule has 0 radical (unpaired) electrons. The lowest BCUT2D eigenvalue weighted by atomic mass is 9.80. The third-order valence-electron chi connectivity index (χ3n) is 5.79. The molecule has 0 spiro atoms. The smallest absolute Gasteiger partial charge is 0.346 e. The number of pyridine rings is 1. The van der Waals surface area contributed by atoms with Crippen molar-refractivity contribution >= 4 is 28.1 Å². The molecule has 4 aromatic rings. The molecular weight excluding hydrogens is 510 g/mol. The SMILES string of the molecule is CC(C)(C)c1csc(NC(Cc2ccccc2)(c2cc(F)cc(C(F)(F)F)c2)c2ccc(Cl)cn2)n1. The Labute approximate surface area is 216 Å². The summed E-state index contributed by atoms with van der Waals surface area (Å²) in [6.45, 7) is 6.06. The van der Waals surface area contributed by atoms with E-state index >= 15 is 0 Å². The highest BCUT2D eigenvalue weighted by Crippen LogP contribution is 2.41. The number of nitrogens with one attached hydrogen (secondary N) is 1. The molecule has 4 rings (SSSR count). The van der Waals surface area contributed by atoms with Crippen LogP contribution in [-0.4, -0.2) is 9.97 Å². The fourth-order valence-electron chi connectivity index (χ4n) is 3.91. The Hall–Kier alpha value is -2.97. The lowest BCUT2D eigenvalue weighted by Gasteiger charge is -2.36. The number of anilines is 1. The van der Waals surface area contributed by atoms with Gasteiger partial charge < -0.3 is 5.32 Å². The van der Waals surface area contributed by atoms with Gasteiger partial charge in [-0.15, -0.1) is 11.3 Å². The van der Waals surface area contributed by atoms with Gasteiger partial charge in [0.05, 0.1) is 22.0 Å². The lowest BCUT2D eigenvalue weighted by molar-refractivity contribution is -0.137. The molecular formula is C27H24ClF4N3S. The van der Waals surface area contributed by atoms with E-state index in [0.29, 0.717) is 21.9 Å². The minimum Gasteiger partial charge on any atom is -0.346 e. The van der Waals surface area contributed by atoms with Crippen molar-refractivity contribution in [2.75, 3.05) is 5.32 Å². The van der Waals surface area contributed by atoms with Crippen molar-refractivity contribution in [1.82, 2.24) is 9.97 Å². The largest absolute Gasteiger partial charge is 0.416 e. The van der Waals surface area contributed by atoms with Crippen LogP contribution in [0.4, 0.5) is 22.7 Å². The minimum atomic E-state index is -4.73. The summed E-state index contributed by atoms with van der Waals surface area (Å²) in [7, 11) is 0. The number of halogens is 5. The van der Waals surface area contributed by atoms with Gasteiger partial charge in [0, 0.05) is 23.4 Å². The summed E-state index contributed by atoms with van der Waals surface area (Å²) < 4.78 is 56.0. The van der Waals surface area contributed by atoms with Crippen molar-refractivity contribution in [3.63, 3.8) is 0 Å². The van der Waals surface area contributed by atoms with Gasteiger partial charge in [-0.25, -0.2) is 9.37 Å². The van der Waals surface area contributed by atoms with Crippen LogP contribution in [0.5, 0.6) is 0 Å². The number of alkyl halides is 3. The Morgan fingerprint density at radius 3 is 2.19 bits per heavy atom. The lowest BCUT2D eigenvalue weighted by Crippen LogP contribution is -2.40. The zero-order valence-corrected chi connectivity index (χ0v) is 21.4. The van der Waals surface area contributed by atoms with Crippen LogP contribution >= 0.6 is 22.9 Å². The van der Waals surface area contributed by atoms with Crippen molar-refractivity contribution in [1.29, 1.82) is 0 Å². The first-order valence-corrected chi connectivity index (χ1v) is 12.4. The van der Waals surface area contributed by atoms with Gasteiger partial charge in [-0.05, 0) is 41.5 Å². The van der Waals surface area contributed by atoms with E-state index in [4.69, 9.17) is 16.6 Å². The van der Waals surface area contributed by atoms with Crippen molar-refractivity contribution < 1.29 is 17.6 Å². The van der Waals surface area contributed by atoms with E-state index in [2.05, 4.69) is 10.3 Å². The quantitative estimate of drug-likeness (QED) is 0.254. The highest BCUT2D eigenvalue weighted by atomic mass is 35.5. The molecule has 0 fully saturated rings. The second-order valence-electron chi connectivity index (χ2n) is 9.57. The van der Waals surface area contributed by atoms with Crippen molar-refractivity contribution in [2.24, 2.45) is 0 Å². The monoisotopic (exact) mass is 533 g/mol. The van der Waals surface area contributed by atoms with Crippen LogP contribution in [0.1, 0.15) is 48.8 Å². The zero-order valence-electron chi connectivity index (χ0n) is 19.8. The van der Waals surface area contributed by atoms with Gasteiger partial charge in [-0.2, -0.15) is 13.2 Å². The molecule has 2 heterocycles. The summed E-state index contributed by atoms with van der Waals surface area (Å²) in [5.41, 5.74) is -0.626. The maximum absolute atomic E-state index is 14.7. The topological polar surface area (TPSA) is 37.8 Å². The molecule has 2 aromatic heterocycles. The first-order valence-electron chi connectivity index (χ1n) is 11.2. The van der Waals surface area contributed by atoms with Gasteiger partial charge in [0.2, 0.25) is 0 Å². The molecule has 0 aliphatic carbocycles. The normalized spacial score (nSPS) is 13.9. The fourth-order valence-corrected chi connectivity index (χ4v) is 5.03. The molecule has 1 atom stereocenters. The summed E-state index contributed by atoms with van der Waals surface area (Å²) in [5, 5.41) is 6.10. The van der Waals surface area contributed by atoms with Crippen LogP contribution in [-0.2, 0) is 23.6 Å². The van der Waals surface area contributed by atoms with Gasteiger partial charge in [0.15, 0.2) is 5.13 Å². The first kappa shape index (κ1) is 26.1. The summed E-state index contributed by atoms with van der Waals surface area (Å²) >= 11 is 7.42. The van der Waals surface area contributed by atoms with Crippen molar-refractivity contribution in [2.45, 2.75) is 44.3 Å². The molecule has 0 bridgehead atoms. The molecule has 0 saturated carbocycles. The highest BCUT2D eigenvalue weighted by molar-refractivity contribution is 7.13. The number of hydrogen-bond acceptors (Lipinski definition) is 4. The Morgan fingerprint density at radius 1 is 0.917 bits per heavy atom. The van der Waals surface area contributed by atoms with E-state index in [1.54, 1.807) is 12.1 Å². The first-order chi connectivity index (χ1) is 16.9. The minimum absolute atomic E-state index is 0.0704. The molecule has 36 heavy (non-hydrogen) atoms. The molecule has 0 aliphatic heterocycles. The molecule has 1 unspecified atom stereocenters. The maximum Gasteiger partial charge on any atom is 0.416 e. The van der Waals surface area contributed by atoms with E-state index in [1.807, 2.05) is 56.5 Å². The van der Waals surface area contributed by atoms with Crippen molar-refractivity contribution in [3.8, 4) is 0 Å². The predicted molar refractivity (Wildman–Crippen MR) is 136 cm³/mol. The summed E-state index contributed by atoms with van der Waals surface area (Å²) in [6, 6.07) is 15.1. The highest BCUT2D eigenvalue weighted by Gasteiger charge is 2.40. The third-order valence-corrected chi connectivity index (χ3v) is 6.77. The van der Waals surface area contributed by atoms with Crippen LogP contribution in [0.2, 0.25) is 5.02 Å². The van der Waals surface area contributed by atoms with Crippen LogP contribution in [0.25, 0.3) is 0 Å². The Kier molecular flexibility index (Phi) is 7.12. The molecule has 0 amide bonds. The molecule has 2 aromatic carbocycles. The number of rotatable bonds is 6. The Morgan fingerprint density at radius 2 is 1.61 bits per heavy atom. The molecule has 188 valence electrons. The second kappa shape index (κ2) is 9.82. The number of aromatic nitrogens is 2. The van der Waals surface area contributed by atoms with Crippen LogP contribution in [0, 0.1) is 5.82 Å². The molecule has 0 saturated heterocycles. The fraction of sp³-hybridized carbons (Fsp3) is 0.259. The maximum atomic E-state index is 14.7. The van der Waals surface area contributed by atoms with E-state index in [9.17, 15) is 17.6 Å². The average Bonchev–Trinajstić information content (AvgIpc) is 3.28. The van der Waals surface area contributed by atoms with Crippen LogP contribution < -0.4 is 5.32 Å². The standard InChI is InChI=1S/C27H24ClF4N3S/c1-25(2,3)23-16-36-24(34-23)35-26(14-17-7-5-4-6-8-17,22-10-9-20(28)15-33-22)18-11-19(27(30,31)32)13-21(29)12-18/h4-13,15-16H,14H2,1-3H3,(H,34,35). The Balaban J connectivity index is 1.98. The van der Waals surface area contributed by atoms with E-state index in [0.717, 1.165) is 23.4 Å². The van der Waals surface area contributed by atoms with E-state index in [-0.39, 0.29) is 17.4 Å². The zero-order chi connectivity index (χ0) is 26.1. The number of nitrogens with zero attached hydrogens (tertiary/aromatic N) is 2. The molecule has 1 N–H and O–H groups in total. The number of thiazole rings is 1. The van der Waals surface area contributed by atoms with Crippen molar-refractivity contribution in [3.05, 3.63) is 111 Å². The summed E-state index contributed by atoms with van der Waals surface area (Å²) in [5.74, 6) is -0.998. The van der Waals surface area contributed by atoms with Crippen LogP contribution in [0.15, 0.2) is 72.2 Å². The number of hydrogen-bond donors (Lipinski definition) is 1. The number of benzene rings is 2. The van der Waals surface area contributed by atoms with Gasteiger partial charge in [0.25, 0.3) is 0 Å². The Bertz CT molecular complexity index is 1330. The van der Waals surface area contributed by atoms with Crippen LogP contribution in [0.3, 0.4) is 0 Å². The average molecular weight is 534 g/mol. The molecule has 9 heteroatoms. The molecule has 3 nitrogen and oxygen atoms in total. The van der Waals surface area contributed by atoms with Gasteiger partial charge in [-0.1, -0.05) is 62.7 Å². The summed E-state index contributed by atoms with van der Waals surface area (Å²) in [6.07, 6.45) is -3.14. The van der Waals surface area contributed by atoms with E-state index < -0.39 is 23.1 Å². The van der Waals surface area contributed by atoms with Gasteiger partial charge in [-0.3, -0.25) is 4.98 Å². The third kappa shape index (κ3) is 5.71. The predicted octanol–water partition coefficient (Wildman–Crippen LogP) is 8.25. The second-order valence-corrected chi connectivity index (χ2v) is 10.9. The van der Waals surface area contributed by atoms with Gasteiger partial charge >= 0.3 is 6.18 Å².